The maximum Gasteiger partial charge on any atom is 0.246 e. The highest BCUT2D eigenvalue weighted by Gasteiger charge is 2.22. The molecule has 0 saturated carbocycles. The summed E-state index contributed by atoms with van der Waals surface area (Å²) in [6.07, 6.45) is 3.58. The third-order valence-electron chi connectivity index (χ3n) is 4.28. The molecule has 1 aliphatic heterocycles. The number of thioether (sulfide) groups is 1. The second-order valence-corrected chi connectivity index (χ2v) is 7.40. The van der Waals surface area contributed by atoms with E-state index in [9.17, 15) is 9.59 Å². The van der Waals surface area contributed by atoms with Crippen molar-refractivity contribution in [1.29, 1.82) is 0 Å². The van der Waals surface area contributed by atoms with Gasteiger partial charge in [-0.15, -0.1) is 10.2 Å². The van der Waals surface area contributed by atoms with Crippen LogP contribution in [-0.4, -0.2) is 45.4 Å². The van der Waals surface area contributed by atoms with Crippen molar-refractivity contribution < 1.29 is 9.59 Å². The molecule has 0 unspecified atom stereocenters. The van der Waals surface area contributed by atoms with Gasteiger partial charge < -0.3 is 14.8 Å². The molecule has 0 fully saturated rings. The zero-order valence-electron chi connectivity index (χ0n) is 15.0. The first kappa shape index (κ1) is 18.4. The molecular weight excluding hydrogens is 350 g/mol. The van der Waals surface area contributed by atoms with Crippen LogP contribution in [0.1, 0.15) is 31.9 Å². The second-order valence-electron chi connectivity index (χ2n) is 6.46. The molecule has 2 amide bonds. The van der Waals surface area contributed by atoms with E-state index in [0.717, 1.165) is 18.5 Å². The highest BCUT2D eigenvalue weighted by atomic mass is 32.2. The fraction of sp³-hybridized carbons (Fsp3) is 0.444. The second kappa shape index (κ2) is 8.35. The van der Waals surface area contributed by atoms with Crippen molar-refractivity contribution in [3.63, 3.8) is 0 Å². The van der Waals surface area contributed by atoms with Crippen LogP contribution in [0.2, 0.25) is 0 Å². The number of para-hydroxylation sites is 1. The number of amides is 2. The first-order valence-electron chi connectivity index (χ1n) is 8.73. The lowest BCUT2D eigenvalue weighted by molar-refractivity contribution is -0.123. The molecule has 1 aromatic heterocycles. The molecular formula is C18H23N5O2S. The lowest BCUT2D eigenvalue weighted by Crippen LogP contribution is -2.43. The van der Waals surface area contributed by atoms with Gasteiger partial charge in [-0.3, -0.25) is 9.59 Å². The van der Waals surface area contributed by atoms with Crippen molar-refractivity contribution in [1.82, 2.24) is 20.1 Å². The van der Waals surface area contributed by atoms with Crippen LogP contribution in [0.5, 0.6) is 0 Å². The third-order valence-corrected chi connectivity index (χ3v) is 5.23. The van der Waals surface area contributed by atoms with Crippen molar-refractivity contribution in [3.8, 4) is 0 Å². The maximum atomic E-state index is 12.5. The summed E-state index contributed by atoms with van der Waals surface area (Å²) in [6.45, 7) is 4.76. The first-order valence-corrected chi connectivity index (χ1v) is 9.72. The fourth-order valence-electron chi connectivity index (χ4n) is 2.93. The number of nitrogens with one attached hydrogen (secondary N) is 1. The molecule has 0 atom stereocenters. The van der Waals surface area contributed by atoms with Gasteiger partial charge in [-0.05, 0) is 38.3 Å². The highest BCUT2D eigenvalue weighted by Crippen LogP contribution is 2.26. The van der Waals surface area contributed by atoms with E-state index in [1.165, 1.54) is 17.3 Å². The van der Waals surface area contributed by atoms with Crippen molar-refractivity contribution in [2.75, 3.05) is 23.7 Å². The summed E-state index contributed by atoms with van der Waals surface area (Å²) in [4.78, 5) is 26.4. The fourth-order valence-corrected chi connectivity index (χ4v) is 3.81. The molecule has 0 bridgehead atoms. The quantitative estimate of drug-likeness (QED) is 0.784. The Bertz CT molecular complexity index is 789. The normalized spacial score (nSPS) is 13.6. The summed E-state index contributed by atoms with van der Waals surface area (Å²) in [5.74, 6) is -0.0669. The Balaban J connectivity index is 1.50. The SMILES string of the molecule is CC(C)n1cnnc1SCC(=O)NCC(=O)N1CCCc2ccccc21. The van der Waals surface area contributed by atoms with E-state index in [1.54, 1.807) is 11.2 Å². The molecule has 0 spiro atoms. The van der Waals surface area contributed by atoms with Gasteiger partial charge in [0.1, 0.15) is 6.33 Å². The Labute approximate surface area is 157 Å². The van der Waals surface area contributed by atoms with E-state index < -0.39 is 0 Å². The molecule has 138 valence electrons. The van der Waals surface area contributed by atoms with Gasteiger partial charge in [0.25, 0.3) is 0 Å². The molecule has 3 rings (SSSR count). The topological polar surface area (TPSA) is 80.1 Å². The molecule has 0 saturated heterocycles. The van der Waals surface area contributed by atoms with E-state index in [0.29, 0.717) is 11.7 Å². The van der Waals surface area contributed by atoms with E-state index in [4.69, 9.17) is 0 Å². The minimum atomic E-state index is -0.188. The van der Waals surface area contributed by atoms with E-state index in [-0.39, 0.29) is 30.2 Å². The number of nitrogens with zero attached hydrogens (tertiary/aromatic N) is 4. The summed E-state index contributed by atoms with van der Waals surface area (Å²) < 4.78 is 1.91. The predicted molar refractivity (Wildman–Crippen MR) is 101 cm³/mol. The number of benzene rings is 1. The van der Waals surface area contributed by atoms with E-state index >= 15 is 0 Å². The molecule has 7 nitrogen and oxygen atoms in total. The molecule has 1 N–H and O–H groups in total. The number of fused-ring (bicyclic) bond motifs is 1. The highest BCUT2D eigenvalue weighted by molar-refractivity contribution is 7.99. The van der Waals surface area contributed by atoms with Crippen LogP contribution in [0.3, 0.4) is 0 Å². The van der Waals surface area contributed by atoms with Crippen LogP contribution in [0, 0.1) is 0 Å². The molecule has 2 aromatic rings. The van der Waals surface area contributed by atoms with Gasteiger partial charge >= 0.3 is 0 Å². The van der Waals surface area contributed by atoms with Crippen molar-refractivity contribution in [3.05, 3.63) is 36.2 Å². The van der Waals surface area contributed by atoms with Crippen LogP contribution >= 0.6 is 11.8 Å². The number of anilines is 1. The Hall–Kier alpha value is -2.35. The first-order chi connectivity index (χ1) is 12.6. The average molecular weight is 373 g/mol. The number of hydrogen-bond donors (Lipinski definition) is 1. The van der Waals surface area contributed by atoms with Gasteiger partial charge in [-0.2, -0.15) is 0 Å². The zero-order chi connectivity index (χ0) is 18.5. The number of hydrogen-bond acceptors (Lipinski definition) is 5. The minimum absolute atomic E-state index is 0.00456. The monoisotopic (exact) mass is 373 g/mol. The van der Waals surface area contributed by atoms with Gasteiger partial charge in [0.15, 0.2) is 5.16 Å². The summed E-state index contributed by atoms with van der Waals surface area (Å²) >= 11 is 1.32. The van der Waals surface area contributed by atoms with Crippen molar-refractivity contribution >= 4 is 29.3 Å². The van der Waals surface area contributed by atoms with Gasteiger partial charge in [0.05, 0.1) is 12.3 Å². The third kappa shape index (κ3) is 4.24. The summed E-state index contributed by atoms with van der Waals surface area (Å²) in [7, 11) is 0. The summed E-state index contributed by atoms with van der Waals surface area (Å²) in [6, 6.07) is 8.17. The van der Waals surface area contributed by atoms with Crippen LogP contribution in [0.25, 0.3) is 0 Å². The van der Waals surface area contributed by atoms with Crippen LogP contribution in [0.4, 0.5) is 5.69 Å². The smallest absolute Gasteiger partial charge is 0.246 e. The number of rotatable bonds is 6. The average Bonchev–Trinajstić information content (AvgIpc) is 3.13. The number of aromatic nitrogens is 3. The lowest BCUT2D eigenvalue weighted by atomic mass is 10.0. The summed E-state index contributed by atoms with van der Waals surface area (Å²) in [5.41, 5.74) is 2.14. The predicted octanol–water partition coefficient (Wildman–Crippen LogP) is 2.05. The Kier molecular flexibility index (Phi) is 5.92. The number of carbonyl (C=O) groups excluding carboxylic acids is 2. The minimum Gasteiger partial charge on any atom is -0.346 e. The van der Waals surface area contributed by atoms with Gasteiger partial charge in [-0.1, -0.05) is 30.0 Å². The van der Waals surface area contributed by atoms with Crippen molar-refractivity contribution in [2.45, 2.75) is 37.9 Å². The largest absolute Gasteiger partial charge is 0.346 e. The number of aryl methyl sites for hydroxylation is 1. The molecule has 1 aromatic carbocycles. The molecule has 1 aliphatic rings. The lowest BCUT2D eigenvalue weighted by Gasteiger charge is -2.29. The molecule has 0 radical (unpaired) electrons. The van der Waals surface area contributed by atoms with Crippen molar-refractivity contribution in [2.24, 2.45) is 0 Å². The molecule has 0 aliphatic carbocycles. The molecule has 8 heteroatoms. The van der Waals surface area contributed by atoms with E-state index in [2.05, 4.69) is 21.6 Å². The number of carbonyl (C=O) groups is 2. The Morgan fingerprint density at radius 2 is 2.12 bits per heavy atom. The Morgan fingerprint density at radius 3 is 2.92 bits per heavy atom. The standard InChI is InChI=1S/C18H23N5O2S/c1-13(2)23-12-20-21-18(23)26-11-16(24)19-10-17(25)22-9-5-7-14-6-3-4-8-15(14)22/h3-4,6,8,12-13H,5,7,9-11H2,1-2H3,(H,19,24). The summed E-state index contributed by atoms with van der Waals surface area (Å²) in [5, 5.41) is 11.3. The molecule has 26 heavy (non-hydrogen) atoms. The van der Waals surface area contributed by atoms with Gasteiger partial charge in [0, 0.05) is 18.3 Å². The van der Waals surface area contributed by atoms with Gasteiger partial charge in [-0.25, -0.2) is 0 Å². The molecule has 2 heterocycles. The van der Waals surface area contributed by atoms with Crippen LogP contribution < -0.4 is 10.2 Å². The zero-order valence-corrected chi connectivity index (χ0v) is 15.8. The Morgan fingerprint density at radius 1 is 1.31 bits per heavy atom. The maximum absolute atomic E-state index is 12.5. The van der Waals surface area contributed by atoms with Crippen LogP contribution in [-0.2, 0) is 16.0 Å². The van der Waals surface area contributed by atoms with Crippen LogP contribution in [0.15, 0.2) is 35.7 Å². The van der Waals surface area contributed by atoms with E-state index in [1.807, 2.05) is 36.6 Å². The van der Waals surface area contributed by atoms with Gasteiger partial charge in [0.2, 0.25) is 11.8 Å².